The van der Waals surface area contributed by atoms with Gasteiger partial charge in [-0.05, 0) is 36.3 Å². The van der Waals surface area contributed by atoms with Crippen LogP contribution in [0.3, 0.4) is 0 Å². The number of hydrogen-bond acceptors (Lipinski definition) is 3. The summed E-state index contributed by atoms with van der Waals surface area (Å²) in [5.41, 5.74) is 0.583. The number of ether oxygens (including phenoxy) is 1. The van der Waals surface area contributed by atoms with Crippen molar-refractivity contribution >= 4 is 17.7 Å². The Morgan fingerprint density at radius 3 is 2.47 bits per heavy atom. The first-order chi connectivity index (χ1) is 8.93. The van der Waals surface area contributed by atoms with Gasteiger partial charge in [0.05, 0.1) is 0 Å². The summed E-state index contributed by atoms with van der Waals surface area (Å²) < 4.78 is 17.4. The van der Waals surface area contributed by atoms with Gasteiger partial charge in [0.25, 0.3) is 0 Å². The molecule has 0 aliphatic heterocycles. The van der Waals surface area contributed by atoms with Crippen molar-refractivity contribution < 1.29 is 23.8 Å². The highest BCUT2D eigenvalue weighted by atomic mass is 19.1. The maximum Gasteiger partial charge on any atom is 0.412 e. The topological polar surface area (TPSA) is 75.6 Å². The molecule has 0 radical (unpaired) electrons. The number of carbonyl (C=O) groups excluding carboxylic acids is 1. The van der Waals surface area contributed by atoms with E-state index in [-0.39, 0.29) is 5.57 Å². The van der Waals surface area contributed by atoms with Crippen LogP contribution in [-0.4, -0.2) is 23.3 Å². The molecule has 0 heterocycles. The number of amides is 1. The van der Waals surface area contributed by atoms with Crippen molar-refractivity contribution in [3.05, 3.63) is 42.2 Å². The fourth-order valence-electron chi connectivity index (χ4n) is 1.28. The van der Waals surface area contributed by atoms with Crippen LogP contribution in [0, 0.1) is 5.82 Å². The fourth-order valence-corrected chi connectivity index (χ4v) is 1.28. The average Bonchev–Trinajstić information content (AvgIpc) is 2.37. The molecule has 5 nitrogen and oxygen atoms in total. The van der Waals surface area contributed by atoms with Gasteiger partial charge in [-0.1, -0.05) is 13.5 Å². The lowest BCUT2D eigenvalue weighted by Gasteiger charge is -2.15. The Morgan fingerprint density at radius 1 is 1.42 bits per heavy atom. The van der Waals surface area contributed by atoms with Crippen molar-refractivity contribution in [2.75, 3.05) is 5.32 Å². The third-order valence-electron chi connectivity index (χ3n) is 2.36. The van der Waals surface area contributed by atoms with Gasteiger partial charge < -0.3 is 9.84 Å². The van der Waals surface area contributed by atoms with Gasteiger partial charge in [-0.15, -0.1) is 0 Å². The number of halogens is 1. The summed E-state index contributed by atoms with van der Waals surface area (Å²) in [7, 11) is 0. The number of benzene rings is 1. The van der Waals surface area contributed by atoms with E-state index in [4.69, 9.17) is 9.84 Å². The summed E-state index contributed by atoms with van der Waals surface area (Å²) >= 11 is 0. The highest BCUT2D eigenvalue weighted by Crippen LogP contribution is 2.12. The third-order valence-corrected chi connectivity index (χ3v) is 2.36. The van der Waals surface area contributed by atoms with Gasteiger partial charge in [0, 0.05) is 5.69 Å². The quantitative estimate of drug-likeness (QED) is 0.804. The maximum atomic E-state index is 12.7. The van der Waals surface area contributed by atoms with E-state index in [1.54, 1.807) is 6.92 Å². The normalized spacial score (nSPS) is 11.5. The monoisotopic (exact) mass is 267 g/mol. The maximum absolute atomic E-state index is 12.7. The van der Waals surface area contributed by atoms with Crippen LogP contribution in [-0.2, 0) is 9.53 Å². The number of rotatable bonds is 5. The molecule has 19 heavy (non-hydrogen) atoms. The predicted octanol–water partition coefficient (Wildman–Crippen LogP) is 2.79. The number of nitrogens with one attached hydrogen (secondary N) is 1. The van der Waals surface area contributed by atoms with Crippen molar-refractivity contribution in [3.8, 4) is 0 Å². The molecule has 0 saturated carbocycles. The van der Waals surface area contributed by atoms with Crippen LogP contribution >= 0.6 is 0 Å². The molecular weight excluding hydrogens is 253 g/mol. The van der Waals surface area contributed by atoms with Crippen molar-refractivity contribution in [1.29, 1.82) is 0 Å². The molecule has 1 aromatic rings. The Balaban J connectivity index is 2.65. The van der Waals surface area contributed by atoms with Crippen LogP contribution in [0.5, 0.6) is 0 Å². The first kappa shape index (κ1) is 14.7. The number of anilines is 1. The summed E-state index contributed by atoms with van der Waals surface area (Å²) in [4.78, 5) is 22.4. The molecule has 1 unspecified atom stereocenters. The molecule has 0 spiro atoms. The smallest absolute Gasteiger partial charge is 0.412 e. The van der Waals surface area contributed by atoms with Gasteiger partial charge in [-0.2, -0.15) is 0 Å². The zero-order valence-electron chi connectivity index (χ0n) is 10.4. The van der Waals surface area contributed by atoms with Crippen molar-refractivity contribution in [3.63, 3.8) is 0 Å². The highest BCUT2D eigenvalue weighted by Gasteiger charge is 2.24. The highest BCUT2D eigenvalue weighted by molar-refractivity contribution is 5.87. The molecule has 1 rings (SSSR count). The Kier molecular flexibility index (Phi) is 5.05. The molecule has 0 saturated heterocycles. The van der Waals surface area contributed by atoms with Crippen LogP contribution < -0.4 is 5.32 Å². The third kappa shape index (κ3) is 4.42. The van der Waals surface area contributed by atoms with E-state index in [1.807, 2.05) is 0 Å². The molecular formula is C13H14FNO4. The standard InChI is InChI=1S/C13H14FNO4/c1-3-8(2)11(12(16)17)19-13(18)15-10-6-4-9(14)5-7-10/h4-7,11H,2-3H2,1H3,(H,15,18)(H,16,17). The molecule has 0 aliphatic rings. The Labute approximate surface area is 109 Å². The summed E-state index contributed by atoms with van der Waals surface area (Å²) in [5, 5.41) is 11.2. The predicted molar refractivity (Wildman–Crippen MR) is 67.4 cm³/mol. The zero-order valence-corrected chi connectivity index (χ0v) is 10.4. The average molecular weight is 267 g/mol. The molecule has 102 valence electrons. The molecule has 0 bridgehead atoms. The number of aliphatic carboxylic acids is 1. The minimum absolute atomic E-state index is 0.279. The van der Waals surface area contributed by atoms with Gasteiger partial charge in [-0.25, -0.2) is 14.0 Å². The van der Waals surface area contributed by atoms with Gasteiger partial charge in [-0.3, -0.25) is 5.32 Å². The zero-order chi connectivity index (χ0) is 14.4. The molecule has 0 aliphatic carbocycles. The van der Waals surface area contributed by atoms with E-state index in [9.17, 15) is 14.0 Å². The molecule has 0 fully saturated rings. The van der Waals surface area contributed by atoms with Crippen molar-refractivity contribution in [2.24, 2.45) is 0 Å². The number of carboxylic acids is 1. The SMILES string of the molecule is C=C(CC)C(OC(=O)Nc1ccc(F)cc1)C(=O)O. The minimum atomic E-state index is -1.40. The first-order valence-corrected chi connectivity index (χ1v) is 5.57. The van der Waals surface area contributed by atoms with Crippen LogP contribution in [0.25, 0.3) is 0 Å². The molecule has 6 heteroatoms. The Morgan fingerprint density at radius 2 is 2.00 bits per heavy atom. The van der Waals surface area contributed by atoms with Gasteiger partial charge in [0.1, 0.15) is 5.82 Å². The number of carbonyl (C=O) groups is 2. The van der Waals surface area contributed by atoms with E-state index in [1.165, 1.54) is 12.1 Å². The van der Waals surface area contributed by atoms with Gasteiger partial charge >= 0.3 is 12.1 Å². The van der Waals surface area contributed by atoms with Gasteiger partial charge in [0.15, 0.2) is 0 Å². The Hall–Kier alpha value is -2.37. The van der Waals surface area contributed by atoms with E-state index in [2.05, 4.69) is 11.9 Å². The number of carboxylic acid groups (broad SMARTS) is 1. The van der Waals surface area contributed by atoms with Crippen LogP contribution in [0.1, 0.15) is 13.3 Å². The molecule has 0 aromatic heterocycles. The lowest BCUT2D eigenvalue weighted by atomic mass is 10.1. The fraction of sp³-hybridized carbons (Fsp3) is 0.231. The van der Waals surface area contributed by atoms with Gasteiger partial charge in [0.2, 0.25) is 6.10 Å². The van der Waals surface area contributed by atoms with Crippen LogP contribution in [0.2, 0.25) is 0 Å². The first-order valence-electron chi connectivity index (χ1n) is 5.57. The van der Waals surface area contributed by atoms with E-state index in [0.29, 0.717) is 12.1 Å². The van der Waals surface area contributed by atoms with Crippen molar-refractivity contribution in [1.82, 2.24) is 0 Å². The second-order valence-corrected chi connectivity index (χ2v) is 3.77. The molecule has 2 N–H and O–H groups in total. The molecule has 1 atom stereocenters. The second-order valence-electron chi connectivity index (χ2n) is 3.77. The van der Waals surface area contributed by atoms with E-state index >= 15 is 0 Å². The summed E-state index contributed by atoms with van der Waals surface area (Å²) in [6.45, 7) is 5.24. The molecule has 1 amide bonds. The Bertz CT molecular complexity index is 484. The van der Waals surface area contributed by atoms with E-state index < -0.39 is 24.0 Å². The summed E-state index contributed by atoms with van der Waals surface area (Å²) in [6.07, 6.45) is -1.96. The summed E-state index contributed by atoms with van der Waals surface area (Å²) in [5.74, 6) is -1.73. The minimum Gasteiger partial charge on any atom is -0.478 e. The van der Waals surface area contributed by atoms with Crippen LogP contribution in [0.4, 0.5) is 14.9 Å². The largest absolute Gasteiger partial charge is 0.478 e. The molecule has 1 aromatic carbocycles. The number of hydrogen-bond donors (Lipinski definition) is 2. The lowest BCUT2D eigenvalue weighted by Crippen LogP contribution is -2.30. The van der Waals surface area contributed by atoms with E-state index in [0.717, 1.165) is 12.1 Å². The summed E-state index contributed by atoms with van der Waals surface area (Å²) in [6, 6.07) is 4.99. The second kappa shape index (κ2) is 6.53. The van der Waals surface area contributed by atoms with Crippen molar-refractivity contribution in [2.45, 2.75) is 19.4 Å². The van der Waals surface area contributed by atoms with Crippen LogP contribution in [0.15, 0.2) is 36.4 Å². The lowest BCUT2D eigenvalue weighted by molar-refractivity contribution is -0.144.